The smallest absolute Gasteiger partial charge is 0.0131 e. The van der Waals surface area contributed by atoms with Crippen LogP contribution in [0.5, 0.6) is 0 Å². The first kappa shape index (κ1) is 8.33. The molecule has 0 amide bonds. The highest BCUT2D eigenvalue weighted by Gasteiger charge is 2.26. The van der Waals surface area contributed by atoms with Crippen LogP contribution < -0.4 is 5.14 Å². The van der Waals surface area contributed by atoms with Crippen LogP contribution in [-0.4, -0.2) is 28.2 Å². The summed E-state index contributed by atoms with van der Waals surface area (Å²) >= 11 is 0. The maximum absolute atomic E-state index is 9.42. The molecule has 0 aromatic rings. The van der Waals surface area contributed by atoms with Crippen LogP contribution in [-0.2, 0) is 0 Å². The van der Waals surface area contributed by atoms with Crippen LogP contribution in [0.25, 0.3) is 0 Å². The summed E-state index contributed by atoms with van der Waals surface area (Å²) in [6.45, 7) is 4.10. The zero-order chi connectivity index (χ0) is 7.78. The van der Waals surface area contributed by atoms with Gasteiger partial charge in [0.2, 0.25) is 0 Å². The van der Waals surface area contributed by atoms with Gasteiger partial charge in [0, 0.05) is 19.3 Å². The molecule has 0 aromatic carbocycles. The summed E-state index contributed by atoms with van der Waals surface area (Å²) in [4.78, 5) is 0. The molecule has 4 heteroatoms. The molecule has 10 heavy (non-hydrogen) atoms. The Balaban J connectivity index is 2.45. The molecule has 0 aromatic heterocycles. The van der Waals surface area contributed by atoms with Gasteiger partial charge in [-0.1, -0.05) is 6.92 Å². The van der Waals surface area contributed by atoms with Crippen molar-refractivity contribution in [1.82, 2.24) is 4.31 Å². The summed E-state index contributed by atoms with van der Waals surface area (Å²) in [7, 11) is -1.90. The molecular formula is C6H16N2OS. The lowest BCUT2D eigenvalue weighted by molar-refractivity contribution is 0.472. The first-order valence-electron chi connectivity index (χ1n) is 3.54. The van der Waals surface area contributed by atoms with Crippen molar-refractivity contribution >= 4 is 10.7 Å². The summed E-state index contributed by atoms with van der Waals surface area (Å²) in [6.07, 6.45) is 2.88. The molecule has 3 N–H and O–H groups in total. The zero-order valence-corrected chi connectivity index (χ0v) is 7.40. The lowest BCUT2D eigenvalue weighted by Gasteiger charge is -2.34. The minimum Gasteiger partial charge on any atom is -0.326 e. The Morgan fingerprint density at radius 3 is 2.50 bits per heavy atom. The highest BCUT2D eigenvalue weighted by atomic mass is 32.3. The largest absolute Gasteiger partial charge is 0.326 e. The fraction of sp³-hybridized carbons (Fsp3) is 1.00. The fourth-order valence-corrected chi connectivity index (χ4v) is 2.26. The van der Waals surface area contributed by atoms with Crippen LogP contribution in [0.3, 0.4) is 0 Å². The molecule has 3 nitrogen and oxygen atoms in total. The normalized spacial score (nSPS) is 37.4. The first-order chi connectivity index (χ1) is 4.50. The van der Waals surface area contributed by atoms with Crippen LogP contribution in [0.15, 0.2) is 0 Å². The van der Waals surface area contributed by atoms with E-state index in [1.54, 1.807) is 6.26 Å². The third-order valence-electron chi connectivity index (χ3n) is 1.91. The summed E-state index contributed by atoms with van der Waals surface area (Å²) in [6, 6.07) is 0. The SMILES string of the molecule is CC1CCN(S(C)(N)O)C1. The van der Waals surface area contributed by atoms with Gasteiger partial charge in [0.15, 0.2) is 0 Å². The van der Waals surface area contributed by atoms with E-state index in [4.69, 9.17) is 5.14 Å². The number of rotatable bonds is 1. The average Bonchev–Trinajstić information content (AvgIpc) is 2.11. The first-order valence-corrected chi connectivity index (χ1v) is 5.55. The summed E-state index contributed by atoms with van der Waals surface area (Å²) in [5.41, 5.74) is 0. The number of hydrogen-bond acceptors (Lipinski definition) is 3. The van der Waals surface area contributed by atoms with Crippen molar-refractivity contribution in [3.05, 3.63) is 0 Å². The molecule has 1 aliphatic heterocycles. The highest BCUT2D eigenvalue weighted by Crippen LogP contribution is 2.38. The van der Waals surface area contributed by atoms with Gasteiger partial charge in [-0.2, -0.15) is 0 Å². The summed E-state index contributed by atoms with van der Waals surface area (Å²) < 4.78 is 11.4. The number of nitrogens with zero attached hydrogens (tertiary/aromatic N) is 1. The molecule has 0 spiro atoms. The molecule has 1 fully saturated rings. The molecule has 2 unspecified atom stereocenters. The van der Waals surface area contributed by atoms with Crippen LogP contribution >= 0.6 is 10.7 Å². The summed E-state index contributed by atoms with van der Waals surface area (Å²) in [5, 5.41) is 5.57. The van der Waals surface area contributed by atoms with E-state index in [0.717, 1.165) is 13.1 Å². The van der Waals surface area contributed by atoms with Crippen LogP contribution in [0.1, 0.15) is 13.3 Å². The second-order valence-electron chi connectivity index (χ2n) is 3.18. The average molecular weight is 164 g/mol. The lowest BCUT2D eigenvalue weighted by atomic mass is 10.2. The molecule has 0 aliphatic carbocycles. The van der Waals surface area contributed by atoms with Crippen molar-refractivity contribution in [3.8, 4) is 0 Å². The summed E-state index contributed by atoms with van der Waals surface area (Å²) in [5.74, 6) is 0.697. The molecule has 1 aliphatic rings. The van der Waals surface area contributed by atoms with Crippen LogP contribution in [0, 0.1) is 5.92 Å². The molecule has 1 saturated heterocycles. The Kier molecular flexibility index (Phi) is 2.24. The van der Waals surface area contributed by atoms with E-state index in [1.165, 1.54) is 6.42 Å². The standard InChI is InChI=1S/C6H16N2OS/c1-6-3-4-8(5-6)10(2,7)9/h6,9H,3-5,7H2,1-2H3. The second kappa shape index (κ2) is 2.70. The van der Waals surface area contributed by atoms with E-state index in [9.17, 15) is 4.55 Å². The Labute approximate surface area is 64.0 Å². The number of nitrogens with two attached hydrogens (primary N) is 1. The predicted molar refractivity (Wildman–Crippen MR) is 45.7 cm³/mol. The van der Waals surface area contributed by atoms with Crippen molar-refractivity contribution in [2.24, 2.45) is 11.1 Å². The van der Waals surface area contributed by atoms with Crippen molar-refractivity contribution < 1.29 is 4.55 Å². The van der Waals surface area contributed by atoms with Crippen molar-refractivity contribution in [1.29, 1.82) is 0 Å². The highest BCUT2D eigenvalue weighted by molar-refractivity contribution is 8.24. The van der Waals surface area contributed by atoms with E-state index in [1.807, 2.05) is 4.31 Å². The Bertz CT molecular complexity index is 123. The van der Waals surface area contributed by atoms with Crippen molar-refractivity contribution in [2.45, 2.75) is 13.3 Å². The topological polar surface area (TPSA) is 49.5 Å². The minimum atomic E-state index is -1.90. The third kappa shape index (κ3) is 1.85. The quantitative estimate of drug-likeness (QED) is 0.608. The Morgan fingerprint density at radius 1 is 1.70 bits per heavy atom. The van der Waals surface area contributed by atoms with Gasteiger partial charge in [-0.15, -0.1) is 0 Å². The molecule has 0 saturated carbocycles. The van der Waals surface area contributed by atoms with Gasteiger partial charge in [-0.25, -0.2) is 4.31 Å². The molecule has 1 rings (SSSR count). The van der Waals surface area contributed by atoms with Crippen molar-refractivity contribution in [3.63, 3.8) is 0 Å². The van der Waals surface area contributed by atoms with Gasteiger partial charge in [0.1, 0.15) is 0 Å². The van der Waals surface area contributed by atoms with Gasteiger partial charge in [0.25, 0.3) is 0 Å². The Morgan fingerprint density at radius 2 is 2.30 bits per heavy atom. The minimum absolute atomic E-state index is 0.697. The second-order valence-corrected chi connectivity index (χ2v) is 5.48. The third-order valence-corrected chi connectivity index (χ3v) is 3.29. The van der Waals surface area contributed by atoms with E-state index < -0.39 is 10.7 Å². The molecular weight excluding hydrogens is 148 g/mol. The van der Waals surface area contributed by atoms with Crippen molar-refractivity contribution in [2.75, 3.05) is 19.3 Å². The monoisotopic (exact) mass is 164 g/mol. The van der Waals surface area contributed by atoms with Gasteiger partial charge in [0.05, 0.1) is 0 Å². The fourth-order valence-electron chi connectivity index (χ4n) is 1.23. The van der Waals surface area contributed by atoms with E-state index in [-0.39, 0.29) is 0 Å². The van der Waals surface area contributed by atoms with E-state index >= 15 is 0 Å². The van der Waals surface area contributed by atoms with E-state index in [2.05, 4.69) is 6.92 Å². The maximum atomic E-state index is 9.42. The van der Waals surface area contributed by atoms with E-state index in [0.29, 0.717) is 5.92 Å². The molecule has 2 atom stereocenters. The maximum Gasteiger partial charge on any atom is 0.0131 e. The predicted octanol–water partition coefficient (Wildman–Crippen LogP) is 1.02. The Hall–Kier alpha value is 0.230. The lowest BCUT2D eigenvalue weighted by Crippen LogP contribution is -2.29. The van der Waals surface area contributed by atoms with Gasteiger partial charge in [-0.3, -0.25) is 5.14 Å². The van der Waals surface area contributed by atoms with Gasteiger partial charge < -0.3 is 4.55 Å². The van der Waals surface area contributed by atoms with Gasteiger partial charge >= 0.3 is 0 Å². The van der Waals surface area contributed by atoms with Crippen LogP contribution in [0.2, 0.25) is 0 Å². The molecule has 62 valence electrons. The van der Waals surface area contributed by atoms with Crippen LogP contribution in [0.4, 0.5) is 0 Å². The molecule has 1 heterocycles. The molecule has 0 radical (unpaired) electrons. The number of hydrogen-bond donors (Lipinski definition) is 2. The van der Waals surface area contributed by atoms with Gasteiger partial charge in [-0.05, 0) is 23.0 Å². The molecule has 0 bridgehead atoms. The zero-order valence-electron chi connectivity index (χ0n) is 6.58.